The van der Waals surface area contributed by atoms with Gasteiger partial charge in [-0.05, 0) is 36.6 Å². The minimum Gasteiger partial charge on any atom is -0.353 e. The van der Waals surface area contributed by atoms with Gasteiger partial charge in [-0.25, -0.2) is 9.78 Å². The Morgan fingerprint density at radius 3 is 2.59 bits per heavy atom. The summed E-state index contributed by atoms with van der Waals surface area (Å²) in [6.07, 6.45) is 0. The van der Waals surface area contributed by atoms with E-state index in [0.717, 1.165) is 15.9 Å². The first-order valence-electron chi connectivity index (χ1n) is 12.5. The molecule has 1 saturated heterocycles. The summed E-state index contributed by atoms with van der Waals surface area (Å²) in [5.74, 6) is 1.85. The first kappa shape index (κ1) is 24.7. The van der Waals surface area contributed by atoms with Crippen molar-refractivity contribution >= 4 is 51.1 Å². The molecule has 37 heavy (non-hydrogen) atoms. The quantitative estimate of drug-likeness (QED) is 0.317. The molecule has 0 aliphatic carbocycles. The number of rotatable bonds is 8. The van der Waals surface area contributed by atoms with E-state index in [0.29, 0.717) is 57.1 Å². The van der Waals surface area contributed by atoms with Crippen molar-refractivity contribution in [1.29, 1.82) is 0 Å². The monoisotopic (exact) mass is 517 g/mol. The van der Waals surface area contributed by atoms with Crippen molar-refractivity contribution in [2.75, 3.05) is 54.8 Å². The van der Waals surface area contributed by atoms with E-state index in [1.807, 2.05) is 41.6 Å². The van der Waals surface area contributed by atoms with E-state index in [4.69, 9.17) is 9.97 Å². The molecule has 3 heterocycles. The van der Waals surface area contributed by atoms with Crippen molar-refractivity contribution in [3.63, 3.8) is 0 Å². The third-order valence-electron chi connectivity index (χ3n) is 6.32. The molecule has 192 valence electrons. The van der Waals surface area contributed by atoms with Gasteiger partial charge in [0.15, 0.2) is 0 Å². The first-order chi connectivity index (χ1) is 18.1. The first-order valence-corrected chi connectivity index (χ1v) is 13.4. The van der Waals surface area contributed by atoms with Crippen LogP contribution >= 0.6 is 11.3 Å². The fraction of sp³-hybridized carbons (Fsp3) is 0.346. The molecule has 10 nitrogen and oxygen atoms in total. The van der Waals surface area contributed by atoms with Gasteiger partial charge >= 0.3 is 6.03 Å². The molecular formula is C26H31N9OS. The number of aromatic nitrogens is 4. The van der Waals surface area contributed by atoms with Crippen molar-refractivity contribution in [3.8, 4) is 0 Å². The number of nitrogens with one attached hydrogen (secondary N) is 3. The smallest absolute Gasteiger partial charge is 0.317 e. The highest BCUT2D eigenvalue weighted by molar-refractivity contribution is 7.16. The molecule has 5 rings (SSSR count). The Hall–Kier alpha value is -3.99. The third-order valence-corrected chi connectivity index (χ3v) is 7.12. The number of thiazole rings is 1. The number of anilines is 4. The molecule has 3 N–H and O–H groups in total. The van der Waals surface area contributed by atoms with Gasteiger partial charge in [0.25, 0.3) is 0 Å². The Morgan fingerprint density at radius 2 is 1.81 bits per heavy atom. The Kier molecular flexibility index (Phi) is 7.59. The van der Waals surface area contributed by atoms with Crippen LogP contribution in [0.2, 0.25) is 0 Å². The Balaban J connectivity index is 1.35. The van der Waals surface area contributed by atoms with Crippen molar-refractivity contribution in [2.45, 2.75) is 19.8 Å². The van der Waals surface area contributed by atoms with Gasteiger partial charge in [-0.2, -0.15) is 15.0 Å². The molecule has 2 amide bonds. The van der Waals surface area contributed by atoms with Crippen LogP contribution in [-0.2, 0) is 0 Å². The molecule has 0 spiro atoms. The number of hydrogen-bond donors (Lipinski definition) is 3. The summed E-state index contributed by atoms with van der Waals surface area (Å²) in [5, 5.41) is 9.62. The van der Waals surface area contributed by atoms with E-state index in [1.54, 1.807) is 11.3 Å². The molecule has 4 aromatic rings. The SMILES string of the molecule is CCNC(=O)N1CCN(c2nc(NCC(C)c3ccccc3)nc(Nc3ccc4ncsc4c3)n2)CC1. The second kappa shape index (κ2) is 11.4. The lowest BCUT2D eigenvalue weighted by Crippen LogP contribution is -2.52. The van der Waals surface area contributed by atoms with Crippen LogP contribution in [0, 0.1) is 0 Å². The van der Waals surface area contributed by atoms with Crippen LogP contribution in [0.3, 0.4) is 0 Å². The maximum absolute atomic E-state index is 12.2. The molecule has 0 radical (unpaired) electrons. The van der Waals surface area contributed by atoms with Gasteiger partial charge in [0.05, 0.1) is 15.7 Å². The Bertz CT molecular complexity index is 1340. The zero-order valence-electron chi connectivity index (χ0n) is 21.0. The maximum Gasteiger partial charge on any atom is 0.317 e. The number of fused-ring (bicyclic) bond motifs is 1. The number of benzene rings is 2. The minimum atomic E-state index is -0.0316. The van der Waals surface area contributed by atoms with Crippen LogP contribution in [0.25, 0.3) is 10.2 Å². The number of amides is 2. The van der Waals surface area contributed by atoms with Crippen LogP contribution in [0.1, 0.15) is 25.3 Å². The average Bonchev–Trinajstić information content (AvgIpc) is 3.40. The van der Waals surface area contributed by atoms with Crippen molar-refractivity contribution in [2.24, 2.45) is 0 Å². The van der Waals surface area contributed by atoms with Crippen molar-refractivity contribution in [3.05, 3.63) is 59.6 Å². The summed E-state index contributed by atoms with van der Waals surface area (Å²) >= 11 is 1.59. The summed E-state index contributed by atoms with van der Waals surface area (Å²) in [4.78, 5) is 34.6. The van der Waals surface area contributed by atoms with Crippen LogP contribution in [0.5, 0.6) is 0 Å². The highest BCUT2D eigenvalue weighted by Crippen LogP contribution is 2.25. The largest absolute Gasteiger partial charge is 0.353 e. The number of hydrogen-bond acceptors (Lipinski definition) is 9. The van der Waals surface area contributed by atoms with E-state index in [1.165, 1.54) is 5.56 Å². The molecule has 1 aliphatic rings. The van der Waals surface area contributed by atoms with Gasteiger partial charge in [-0.15, -0.1) is 11.3 Å². The lowest BCUT2D eigenvalue weighted by Gasteiger charge is -2.34. The highest BCUT2D eigenvalue weighted by Gasteiger charge is 2.23. The van der Waals surface area contributed by atoms with Crippen LogP contribution < -0.4 is 20.9 Å². The molecule has 0 saturated carbocycles. The molecule has 2 aromatic heterocycles. The molecule has 0 bridgehead atoms. The third kappa shape index (κ3) is 6.05. The van der Waals surface area contributed by atoms with Gasteiger partial charge in [-0.1, -0.05) is 37.3 Å². The number of piperazine rings is 1. The van der Waals surface area contributed by atoms with Gasteiger partial charge < -0.3 is 25.8 Å². The topological polar surface area (TPSA) is 111 Å². The minimum absolute atomic E-state index is 0.0316. The molecule has 1 fully saturated rings. The predicted octanol–water partition coefficient (Wildman–Crippen LogP) is 4.29. The van der Waals surface area contributed by atoms with Gasteiger partial charge in [0.2, 0.25) is 17.8 Å². The van der Waals surface area contributed by atoms with E-state index in [-0.39, 0.29) is 11.9 Å². The summed E-state index contributed by atoms with van der Waals surface area (Å²) in [7, 11) is 0. The average molecular weight is 518 g/mol. The zero-order valence-corrected chi connectivity index (χ0v) is 21.8. The van der Waals surface area contributed by atoms with Crippen molar-refractivity contribution < 1.29 is 4.79 Å². The second-order valence-electron chi connectivity index (χ2n) is 8.94. The Morgan fingerprint density at radius 1 is 1.03 bits per heavy atom. The zero-order chi connectivity index (χ0) is 25.6. The summed E-state index contributed by atoms with van der Waals surface area (Å²) in [5.41, 5.74) is 4.95. The van der Waals surface area contributed by atoms with Gasteiger partial charge in [0.1, 0.15) is 0 Å². The second-order valence-corrected chi connectivity index (χ2v) is 9.83. The van der Waals surface area contributed by atoms with Gasteiger partial charge in [0, 0.05) is 45.0 Å². The predicted molar refractivity (Wildman–Crippen MR) is 149 cm³/mol. The fourth-order valence-corrected chi connectivity index (χ4v) is 4.94. The molecule has 1 atom stereocenters. The summed E-state index contributed by atoms with van der Waals surface area (Å²) < 4.78 is 1.09. The molecular weight excluding hydrogens is 486 g/mol. The van der Waals surface area contributed by atoms with E-state index in [9.17, 15) is 4.79 Å². The fourth-order valence-electron chi connectivity index (χ4n) is 4.22. The molecule has 1 aliphatic heterocycles. The number of nitrogens with zero attached hydrogens (tertiary/aromatic N) is 6. The van der Waals surface area contributed by atoms with Crippen LogP contribution in [0.4, 0.5) is 28.3 Å². The number of carbonyl (C=O) groups is 1. The summed E-state index contributed by atoms with van der Waals surface area (Å²) in [6.45, 7) is 7.91. The summed E-state index contributed by atoms with van der Waals surface area (Å²) in [6, 6.07) is 16.4. The molecule has 1 unspecified atom stereocenters. The number of carbonyl (C=O) groups excluding carboxylic acids is 1. The normalized spacial score (nSPS) is 14.4. The lowest BCUT2D eigenvalue weighted by molar-refractivity contribution is 0.194. The standard InChI is InChI=1S/C26H31N9OS/c1-3-27-26(36)35-13-11-34(12-14-35)25-32-23(28-16-18(2)19-7-5-4-6-8-19)31-24(33-25)30-20-9-10-21-22(15-20)37-17-29-21/h4-10,15,17-18H,3,11-14,16H2,1-2H3,(H,27,36)(H2,28,30,31,32,33). The van der Waals surface area contributed by atoms with E-state index < -0.39 is 0 Å². The van der Waals surface area contributed by atoms with Crippen LogP contribution in [0.15, 0.2) is 54.0 Å². The Labute approximate surface area is 220 Å². The highest BCUT2D eigenvalue weighted by atomic mass is 32.1. The van der Waals surface area contributed by atoms with Crippen LogP contribution in [-0.4, -0.2) is 70.1 Å². The van der Waals surface area contributed by atoms with E-state index in [2.05, 4.69) is 62.0 Å². The number of urea groups is 1. The van der Waals surface area contributed by atoms with Gasteiger partial charge in [-0.3, -0.25) is 0 Å². The molecule has 2 aromatic carbocycles. The lowest BCUT2D eigenvalue weighted by atomic mass is 10.0. The van der Waals surface area contributed by atoms with E-state index >= 15 is 0 Å². The van der Waals surface area contributed by atoms with Crippen molar-refractivity contribution in [1.82, 2.24) is 30.2 Å². The maximum atomic E-state index is 12.2. The molecule has 11 heteroatoms.